The quantitative estimate of drug-likeness (QED) is 0.690. The largest absolute Gasteiger partial charge is 0.353 e. The van der Waals surface area contributed by atoms with E-state index in [0.29, 0.717) is 13.0 Å². The topological polar surface area (TPSA) is 75.3 Å². The van der Waals surface area contributed by atoms with Gasteiger partial charge in [0.05, 0.1) is 18.1 Å². The first kappa shape index (κ1) is 13.4. The zero-order valence-corrected chi connectivity index (χ0v) is 10.6. The summed E-state index contributed by atoms with van der Waals surface area (Å²) in [5.74, 6) is 0.663. The van der Waals surface area contributed by atoms with E-state index in [4.69, 9.17) is 0 Å². The van der Waals surface area contributed by atoms with Gasteiger partial charge in [0.25, 0.3) is 0 Å². The molecule has 16 heavy (non-hydrogen) atoms. The predicted octanol–water partition coefficient (Wildman–Crippen LogP) is -0.465. The van der Waals surface area contributed by atoms with Gasteiger partial charge in [0.2, 0.25) is 5.91 Å². The normalized spacial score (nSPS) is 23.6. The van der Waals surface area contributed by atoms with Crippen LogP contribution in [0.15, 0.2) is 0 Å². The van der Waals surface area contributed by atoms with Gasteiger partial charge >= 0.3 is 0 Å². The van der Waals surface area contributed by atoms with Gasteiger partial charge in [-0.1, -0.05) is 0 Å². The third-order valence-electron chi connectivity index (χ3n) is 2.49. The Kier molecular flexibility index (Phi) is 4.73. The molecule has 1 rings (SSSR count). The highest BCUT2D eigenvalue weighted by Gasteiger charge is 2.27. The number of sulfone groups is 1. The molecular weight excluding hydrogens is 228 g/mol. The molecular formula is C10H20N2O3S. The Labute approximate surface area is 96.9 Å². The van der Waals surface area contributed by atoms with E-state index in [1.165, 1.54) is 0 Å². The van der Waals surface area contributed by atoms with Crippen LogP contribution in [0.1, 0.15) is 20.3 Å². The molecule has 5 nitrogen and oxygen atoms in total. The van der Waals surface area contributed by atoms with Crippen molar-refractivity contribution in [3.63, 3.8) is 0 Å². The first-order chi connectivity index (χ1) is 7.39. The average molecular weight is 248 g/mol. The lowest BCUT2D eigenvalue weighted by Crippen LogP contribution is -2.39. The molecule has 0 aliphatic carbocycles. The minimum Gasteiger partial charge on any atom is -0.353 e. The van der Waals surface area contributed by atoms with Crippen LogP contribution in [0.5, 0.6) is 0 Å². The van der Waals surface area contributed by atoms with E-state index in [2.05, 4.69) is 10.6 Å². The summed E-state index contributed by atoms with van der Waals surface area (Å²) in [5.41, 5.74) is 0. The SMILES string of the molecule is CC(C)NC(=O)CNCC1CCS(=O)(=O)C1. The van der Waals surface area contributed by atoms with E-state index in [0.717, 1.165) is 0 Å². The van der Waals surface area contributed by atoms with Crippen molar-refractivity contribution in [3.8, 4) is 0 Å². The van der Waals surface area contributed by atoms with Gasteiger partial charge in [-0.05, 0) is 32.7 Å². The van der Waals surface area contributed by atoms with Crippen molar-refractivity contribution in [1.82, 2.24) is 10.6 Å². The minimum absolute atomic E-state index is 0.0455. The molecule has 1 saturated heterocycles. The van der Waals surface area contributed by atoms with Crippen LogP contribution in [0.25, 0.3) is 0 Å². The average Bonchev–Trinajstić information content (AvgIpc) is 2.44. The summed E-state index contributed by atoms with van der Waals surface area (Å²) in [6.07, 6.45) is 0.709. The summed E-state index contributed by atoms with van der Waals surface area (Å²) in [6.45, 7) is 4.67. The summed E-state index contributed by atoms with van der Waals surface area (Å²) >= 11 is 0. The molecule has 1 heterocycles. The van der Waals surface area contributed by atoms with E-state index < -0.39 is 9.84 Å². The summed E-state index contributed by atoms with van der Waals surface area (Å²) in [6, 6.07) is 0.140. The van der Waals surface area contributed by atoms with Crippen LogP contribution in [-0.2, 0) is 14.6 Å². The van der Waals surface area contributed by atoms with Crippen LogP contribution >= 0.6 is 0 Å². The molecule has 1 aliphatic rings. The van der Waals surface area contributed by atoms with Crippen LogP contribution in [0.4, 0.5) is 0 Å². The maximum Gasteiger partial charge on any atom is 0.234 e. The number of carbonyl (C=O) groups is 1. The van der Waals surface area contributed by atoms with Crippen molar-refractivity contribution in [2.24, 2.45) is 5.92 Å². The maximum atomic E-state index is 11.3. The number of hydrogen-bond donors (Lipinski definition) is 2. The Morgan fingerprint density at radius 1 is 1.44 bits per heavy atom. The van der Waals surface area contributed by atoms with Gasteiger partial charge in [0.1, 0.15) is 0 Å². The van der Waals surface area contributed by atoms with Gasteiger partial charge < -0.3 is 10.6 Å². The van der Waals surface area contributed by atoms with Crippen molar-refractivity contribution in [2.45, 2.75) is 26.3 Å². The molecule has 0 bridgehead atoms. The third kappa shape index (κ3) is 4.94. The van der Waals surface area contributed by atoms with Crippen molar-refractivity contribution >= 4 is 15.7 Å². The Balaban J connectivity index is 2.15. The molecule has 94 valence electrons. The Morgan fingerprint density at radius 3 is 2.62 bits per heavy atom. The van der Waals surface area contributed by atoms with Crippen LogP contribution in [0.2, 0.25) is 0 Å². The van der Waals surface area contributed by atoms with Gasteiger partial charge in [0, 0.05) is 6.04 Å². The Hall–Kier alpha value is -0.620. The molecule has 0 aromatic rings. The third-order valence-corrected chi connectivity index (χ3v) is 4.33. The van der Waals surface area contributed by atoms with Gasteiger partial charge in [-0.15, -0.1) is 0 Å². The standard InChI is InChI=1S/C10H20N2O3S/c1-8(2)12-10(13)6-11-5-9-3-4-16(14,15)7-9/h8-9,11H,3-7H2,1-2H3,(H,12,13). The first-order valence-electron chi connectivity index (χ1n) is 5.59. The lowest BCUT2D eigenvalue weighted by Gasteiger charge is -2.11. The molecule has 0 aromatic carbocycles. The molecule has 1 atom stereocenters. The minimum atomic E-state index is -2.81. The molecule has 1 unspecified atom stereocenters. The van der Waals surface area contributed by atoms with Crippen molar-refractivity contribution in [3.05, 3.63) is 0 Å². The lowest BCUT2D eigenvalue weighted by molar-refractivity contribution is -0.120. The highest BCUT2D eigenvalue weighted by atomic mass is 32.2. The van der Waals surface area contributed by atoms with Crippen LogP contribution in [-0.4, -0.2) is 45.0 Å². The smallest absolute Gasteiger partial charge is 0.234 e. The highest BCUT2D eigenvalue weighted by Crippen LogP contribution is 2.16. The molecule has 0 spiro atoms. The second-order valence-electron chi connectivity index (χ2n) is 4.62. The van der Waals surface area contributed by atoms with E-state index in [9.17, 15) is 13.2 Å². The molecule has 1 amide bonds. The lowest BCUT2D eigenvalue weighted by atomic mass is 10.1. The zero-order chi connectivity index (χ0) is 12.2. The monoisotopic (exact) mass is 248 g/mol. The van der Waals surface area contributed by atoms with Crippen molar-refractivity contribution in [2.75, 3.05) is 24.6 Å². The molecule has 0 aromatic heterocycles. The van der Waals surface area contributed by atoms with Gasteiger partial charge in [0.15, 0.2) is 9.84 Å². The van der Waals surface area contributed by atoms with Crippen molar-refractivity contribution < 1.29 is 13.2 Å². The zero-order valence-electron chi connectivity index (χ0n) is 9.82. The number of carbonyl (C=O) groups excluding carboxylic acids is 1. The fraction of sp³-hybridized carbons (Fsp3) is 0.900. The summed E-state index contributed by atoms with van der Waals surface area (Å²) < 4.78 is 22.4. The highest BCUT2D eigenvalue weighted by molar-refractivity contribution is 7.91. The van der Waals surface area contributed by atoms with Crippen molar-refractivity contribution in [1.29, 1.82) is 0 Å². The molecule has 6 heteroatoms. The maximum absolute atomic E-state index is 11.3. The van der Waals surface area contributed by atoms with Crippen LogP contribution in [0, 0.1) is 5.92 Å². The fourth-order valence-electron chi connectivity index (χ4n) is 1.80. The van der Waals surface area contributed by atoms with E-state index in [1.54, 1.807) is 0 Å². The van der Waals surface area contributed by atoms with Gasteiger partial charge in [-0.25, -0.2) is 8.42 Å². The second kappa shape index (κ2) is 5.63. The van der Waals surface area contributed by atoms with Gasteiger partial charge in [-0.2, -0.15) is 0 Å². The molecule has 2 N–H and O–H groups in total. The summed E-state index contributed by atoms with van der Waals surface area (Å²) in [7, 11) is -2.81. The van der Waals surface area contributed by atoms with E-state index in [-0.39, 0.29) is 35.9 Å². The van der Waals surface area contributed by atoms with E-state index >= 15 is 0 Å². The summed E-state index contributed by atoms with van der Waals surface area (Å²) in [5, 5.41) is 5.76. The summed E-state index contributed by atoms with van der Waals surface area (Å²) in [4.78, 5) is 11.3. The van der Waals surface area contributed by atoms with Crippen LogP contribution in [0.3, 0.4) is 0 Å². The molecule has 0 saturated carbocycles. The first-order valence-corrected chi connectivity index (χ1v) is 7.41. The number of rotatable bonds is 5. The van der Waals surface area contributed by atoms with Gasteiger partial charge in [-0.3, -0.25) is 4.79 Å². The number of amides is 1. The van der Waals surface area contributed by atoms with E-state index in [1.807, 2.05) is 13.8 Å². The molecule has 0 radical (unpaired) electrons. The predicted molar refractivity (Wildman–Crippen MR) is 62.9 cm³/mol. The van der Waals surface area contributed by atoms with Crippen LogP contribution < -0.4 is 10.6 Å². The Bertz CT molecular complexity index is 338. The number of nitrogens with one attached hydrogen (secondary N) is 2. The molecule has 1 fully saturated rings. The molecule has 1 aliphatic heterocycles. The number of hydrogen-bond acceptors (Lipinski definition) is 4. The Morgan fingerprint density at radius 2 is 2.12 bits per heavy atom. The second-order valence-corrected chi connectivity index (χ2v) is 6.85. The fourth-order valence-corrected chi connectivity index (χ4v) is 3.66.